The second-order valence-electron chi connectivity index (χ2n) is 8.78. The number of imide groups is 1. The van der Waals surface area contributed by atoms with E-state index in [0.29, 0.717) is 29.3 Å². The van der Waals surface area contributed by atoms with Gasteiger partial charge in [0.1, 0.15) is 12.3 Å². The lowest BCUT2D eigenvalue weighted by Crippen LogP contribution is -2.38. The Bertz CT molecular complexity index is 1460. The van der Waals surface area contributed by atoms with Gasteiger partial charge in [-0.05, 0) is 55.8 Å². The largest absolute Gasteiger partial charge is 0.494 e. The van der Waals surface area contributed by atoms with Crippen LogP contribution in [-0.4, -0.2) is 46.0 Å². The average Bonchev–Trinajstić information content (AvgIpc) is 3.42. The van der Waals surface area contributed by atoms with Gasteiger partial charge in [0.15, 0.2) is 0 Å². The van der Waals surface area contributed by atoms with E-state index in [9.17, 15) is 14.4 Å². The van der Waals surface area contributed by atoms with Crippen molar-refractivity contribution >= 4 is 45.5 Å². The number of anilines is 1. The number of esters is 1. The van der Waals surface area contributed by atoms with Gasteiger partial charge in [0.05, 0.1) is 36.2 Å². The molecule has 1 aromatic heterocycles. The summed E-state index contributed by atoms with van der Waals surface area (Å²) >= 11 is 3.53. The fourth-order valence-electron chi connectivity index (χ4n) is 4.55. The van der Waals surface area contributed by atoms with E-state index < -0.39 is 23.2 Å². The number of aromatic nitrogens is 3. The number of carbonyl (C=O) groups excluding carboxylic acids is 3. The minimum absolute atomic E-state index is 0.00199. The summed E-state index contributed by atoms with van der Waals surface area (Å²) in [6, 6.07) is 14.1. The van der Waals surface area contributed by atoms with Gasteiger partial charge in [-0.25, -0.2) is 9.58 Å². The first-order valence-electron chi connectivity index (χ1n) is 12.4. The normalized spacial score (nSPS) is 17.9. The maximum atomic E-state index is 14.3. The minimum Gasteiger partial charge on any atom is -0.494 e. The fourth-order valence-corrected chi connectivity index (χ4v) is 4.95. The molecule has 0 aliphatic carbocycles. The molecule has 0 saturated carbocycles. The van der Waals surface area contributed by atoms with Crippen molar-refractivity contribution in [1.82, 2.24) is 15.0 Å². The predicted molar refractivity (Wildman–Crippen MR) is 148 cm³/mol. The van der Waals surface area contributed by atoms with Crippen molar-refractivity contribution in [2.24, 2.45) is 5.41 Å². The second-order valence-corrected chi connectivity index (χ2v) is 9.63. The Morgan fingerprint density at radius 2 is 1.87 bits per heavy atom. The van der Waals surface area contributed by atoms with Crippen LogP contribution in [0.25, 0.3) is 6.08 Å². The van der Waals surface area contributed by atoms with Crippen LogP contribution in [0.1, 0.15) is 31.5 Å². The Labute approximate surface area is 234 Å². The summed E-state index contributed by atoms with van der Waals surface area (Å²) < 4.78 is 12.7. The molecular formula is C29H27BrN4O5. The van der Waals surface area contributed by atoms with E-state index in [4.69, 9.17) is 15.9 Å². The zero-order chi connectivity index (χ0) is 28.0. The molecule has 3 aromatic rings. The first-order chi connectivity index (χ1) is 18.8. The van der Waals surface area contributed by atoms with Crippen LogP contribution < -0.4 is 9.64 Å². The maximum absolute atomic E-state index is 14.3. The number of halogens is 1. The molecule has 10 heteroatoms. The van der Waals surface area contributed by atoms with E-state index in [-0.39, 0.29) is 31.6 Å². The van der Waals surface area contributed by atoms with Crippen molar-refractivity contribution < 1.29 is 23.9 Å². The highest BCUT2D eigenvalue weighted by molar-refractivity contribution is 9.10. The lowest BCUT2D eigenvalue weighted by Gasteiger charge is -2.26. The van der Waals surface area contributed by atoms with E-state index >= 15 is 0 Å². The van der Waals surface area contributed by atoms with Crippen molar-refractivity contribution in [3.8, 4) is 18.1 Å². The molecule has 39 heavy (non-hydrogen) atoms. The molecule has 0 radical (unpaired) electrons. The summed E-state index contributed by atoms with van der Waals surface area (Å²) in [5.41, 5.74) is 0.361. The van der Waals surface area contributed by atoms with Gasteiger partial charge in [-0.1, -0.05) is 39.3 Å². The number of rotatable bonds is 10. The van der Waals surface area contributed by atoms with Crippen LogP contribution in [-0.2, 0) is 32.1 Å². The van der Waals surface area contributed by atoms with Crippen molar-refractivity contribution in [3.05, 3.63) is 76.0 Å². The molecule has 0 unspecified atom stereocenters. The van der Waals surface area contributed by atoms with Crippen LogP contribution in [0, 0.1) is 17.8 Å². The third-order valence-electron chi connectivity index (χ3n) is 6.34. The van der Waals surface area contributed by atoms with Crippen LogP contribution in [0.4, 0.5) is 5.69 Å². The summed E-state index contributed by atoms with van der Waals surface area (Å²) in [5.74, 6) is 1.77. The molecule has 2 amide bonds. The number of ether oxygens (including phenoxy) is 2. The Morgan fingerprint density at radius 3 is 2.54 bits per heavy atom. The molecule has 0 spiro atoms. The number of terminal acetylenes is 1. The van der Waals surface area contributed by atoms with E-state index in [0.717, 1.165) is 9.37 Å². The molecule has 200 valence electrons. The monoisotopic (exact) mass is 590 g/mol. The smallest absolute Gasteiger partial charge is 0.327 e. The molecule has 9 nitrogen and oxygen atoms in total. The van der Waals surface area contributed by atoms with Gasteiger partial charge in [-0.3, -0.25) is 14.4 Å². The van der Waals surface area contributed by atoms with Crippen molar-refractivity contribution in [2.45, 2.75) is 33.2 Å². The quantitative estimate of drug-likeness (QED) is 0.151. The number of benzene rings is 2. The Morgan fingerprint density at radius 1 is 1.13 bits per heavy atom. The maximum Gasteiger partial charge on any atom is 0.327 e. The van der Waals surface area contributed by atoms with Gasteiger partial charge >= 0.3 is 5.97 Å². The number of carbonyl (C=O) groups is 3. The molecule has 1 fully saturated rings. The van der Waals surface area contributed by atoms with E-state index in [1.165, 1.54) is 10.9 Å². The highest BCUT2D eigenvalue weighted by atomic mass is 79.9. The summed E-state index contributed by atoms with van der Waals surface area (Å²) in [6.45, 7) is 4.09. The van der Waals surface area contributed by atoms with Gasteiger partial charge in [-0.2, -0.15) is 0 Å². The summed E-state index contributed by atoms with van der Waals surface area (Å²) in [5, 5.41) is 7.95. The number of hydrogen-bond donors (Lipinski definition) is 0. The van der Waals surface area contributed by atoms with Crippen LogP contribution in [0.2, 0.25) is 0 Å². The molecule has 1 atom stereocenters. The van der Waals surface area contributed by atoms with Crippen molar-refractivity contribution in [3.63, 3.8) is 0 Å². The molecule has 1 aliphatic rings. The fraction of sp³-hybridized carbons (Fsp3) is 0.276. The van der Waals surface area contributed by atoms with E-state index in [1.54, 1.807) is 37.3 Å². The molecule has 0 bridgehead atoms. The van der Waals surface area contributed by atoms with Gasteiger partial charge < -0.3 is 9.47 Å². The third-order valence-corrected chi connectivity index (χ3v) is 7.06. The molecule has 2 aromatic carbocycles. The van der Waals surface area contributed by atoms with Crippen LogP contribution in [0.15, 0.2) is 64.8 Å². The van der Waals surface area contributed by atoms with E-state index in [2.05, 4.69) is 32.2 Å². The van der Waals surface area contributed by atoms with E-state index in [1.807, 2.05) is 31.2 Å². The lowest BCUT2D eigenvalue weighted by atomic mass is 9.74. The zero-order valence-corrected chi connectivity index (χ0v) is 23.2. The Hall–Kier alpha value is -4.23. The molecule has 2 heterocycles. The number of hydrogen-bond acceptors (Lipinski definition) is 7. The minimum atomic E-state index is -1.44. The van der Waals surface area contributed by atoms with Gasteiger partial charge in [0.25, 0.3) is 5.91 Å². The third kappa shape index (κ3) is 5.64. The Kier molecular flexibility index (Phi) is 8.62. The molecule has 1 saturated heterocycles. The Balaban J connectivity index is 1.85. The molecule has 1 aliphatic heterocycles. The van der Waals surface area contributed by atoms with Gasteiger partial charge in [0.2, 0.25) is 5.91 Å². The summed E-state index contributed by atoms with van der Waals surface area (Å²) in [6.07, 6.45) is 8.90. The highest BCUT2D eigenvalue weighted by Gasteiger charge is 2.56. The molecular weight excluding hydrogens is 564 g/mol. The summed E-state index contributed by atoms with van der Waals surface area (Å²) in [4.78, 5) is 41.6. The molecule has 0 N–H and O–H groups in total. The topological polar surface area (TPSA) is 104 Å². The summed E-state index contributed by atoms with van der Waals surface area (Å²) in [7, 11) is 0. The van der Waals surface area contributed by atoms with Crippen LogP contribution in [0.5, 0.6) is 5.75 Å². The predicted octanol–water partition coefficient (Wildman–Crippen LogP) is 4.21. The number of nitrogens with zero attached hydrogens (tertiary/aromatic N) is 4. The number of amides is 2. The van der Waals surface area contributed by atoms with Crippen molar-refractivity contribution in [2.75, 3.05) is 18.1 Å². The highest BCUT2D eigenvalue weighted by Crippen LogP contribution is 2.46. The van der Waals surface area contributed by atoms with Gasteiger partial charge in [0, 0.05) is 22.9 Å². The van der Waals surface area contributed by atoms with Gasteiger partial charge in [-0.15, -0.1) is 17.4 Å². The average molecular weight is 591 g/mol. The van der Waals surface area contributed by atoms with Crippen LogP contribution >= 0.6 is 15.9 Å². The zero-order valence-electron chi connectivity index (χ0n) is 21.6. The lowest BCUT2D eigenvalue weighted by molar-refractivity contribution is -0.144. The van der Waals surface area contributed by atoms with Crippen LogP contribution in [0.3, 0.4) is 0 Å². The standard InChI is InChI=1S/C29H27BrN4O5/c1-4-15-29(17-22-18-31-32-33(22)19-26(35)39-6-3)24(16-20-9-7-8-10-25(20)30)27(36)34(28(29)37)21-11-13-23(14-12-21)38-5-2/h1,7-14,16,18H,5-6,15,17,19H2,2-3H3/b24-16-/t29-/m1/s1. The molecule has 4 rings (SSSR count). The first-order valence-corrected chi connectivity index (χ1v) is 13.2. The first kappa shape index (κ1) is 27.8. The van der Waals surface area contributed by atoms with Crippen molar-refractivity contribution in [1.29, 1.82) is 0 Å². The second kappa shape index (κ2) is 12.1. The SMILES string of the molecule is C#CC[C@]1(Cc2cnnn2CC(=O)OCC)C(=O)N(c2ccc(OCC)cc2)C(=O)/C1=C/c1ccccc1Br.